The van der Waals surface area contributed by atoms with Crippen molar-refractivity contribution in [1.82, 2.24) is 4.98 Å². The van der Waals surface area contributed by atoms with Crippen molar-refractivity contribution in [2.24, 2.45) is 0 Å². The number of carbonyl (C=O) groups is 2. The van der Waals surface area contributed by atoms with Gasteiger partial charge < -0.3 is 10.3 Å². The average Bonchev–Trinajstić information content (AvgIpc) is 2.98. The van der Waals surface area contributed by atoms with Crippen molar-refractivity contribution >= 4 is 28.3 Å². The predicted molar refractivity (Wildman–Crippen MR) is 81.9 cm³/mol. The maximum atomic E-state index is 12.6. The molecule has 0 fully saturated rings. The fourth-order valence-electron chi connectivity index (χ4n) is 2.24. The molecule has 0 saturated heterocycles. The van der Waals surface area contributed by atoms with Crippen molar-refractivity contribution in [2.45, 2.75) is 6.18 Å². The number of carbonyl (C=O) groups excluding carboxylic acids is 2. The van der Waals surface area contributed by atoms with Gasteiger partial charge in [0.1, 0.15) is 5.69 Å². The number of anilines is 1. The van der Waals surface area contributed by atoms with E-state index in [1.165, 1.54) is 18.2 Å². The molecule has 2 N–H and O–H groups in total. The molecule has 2 aromatic carbocycles. The van der Waals surface area contributed by atoms with Crippen molar-refractivity contribution in [3.63, 3.8) is 0 Å². The first kappa shape index (κ1) is 15.8. The van der Waals surface area contributed by atoms with Crippen LogP contribution in [0.1, 0.15) is 20.8 Å². The lowest BCUT2D eigenvalue weighted by Gasteiger charge is -2.11. The molecule has 0 aliphatic carbocycles. The van der Waals surface area contributed by atoms with Crippen LogP contribution in [0.5, 0.6) is 0 Å². The molecule has 4 nitrogen and oxygen atoms in total. The lowest BCUT2D eigenvalue weighted by molar-refractivity contribution is -0.0884. The smallest absolute Gasteiger partial charge is 0.350 e. The van der Waals surface area contributed by atoms with E-state index < -0.39 is 23.4 Å². The van der Waals surface area contributed by atoms with E-state index in [-0.39, 0.29) is 11.4 Å². The number of alkyl halides is 3. The lowest BCUT2D eigenvalue weighted by Crippen LogP contribution is -2.25. The number of benzene rings is 2. The van der Waals surface area contributed by atoms with E-state index in [0.29, 0.717) is 10.9 Å². The molecular formula is C17H10F3N2O2. The number of H-pyrrole nitrogens is 1. The van der Waals surface area contributed by atoms with Crippen molar-refractivity contribution in [3.8, 4) is 0 Å². The summed E-state index contributed by atoms with van der Waals surface area (Å²) in [5.74, 6) is -2.70. The molecular weight excluding hydrogens is 321 g/mol. The second kappa shape index (κ2) is 5.84. The van der Waals surface area contributed by atoms with Crippen LogP contribution in [-0.2, 0) is 0 Å². The van der Waals surface area contributed by atoms with Crippen LogP contribution in [0.4, 0.5) is 18.9 Å². The molecule has 0 unspecified atom stereocenters. The average molecular weight is 331 g/mol. The summed E-state index contributed by atoms with van der Waals surface area (Å²) in [7, 11) is 0. The van der Waals surface area contributed by atoms with Crippen molar-refractivity contribution in [2.75, 3.05) is 5.32 Å². The van der Waals surface area contributed by atoms with E-state index >= 15 is 0 Å². The Balaban J connectivity index is 1.91. The minimum absolute atomic E-state index is 0.0606. The first-order valence-corrected chi connectivity index (χ1v) is 6.88. The Morgan fingerprint density at radius 3 is 2.38 bits per heavy atom. The highest BCUT2D eigenvalue weighted by atomic mass is 19.4. The first-order valence-electron chi connectivity index (χ1n) is 6.88. The third-order valence-electron chi connectivity index (χ3n) is 3.35. The van der Waals surface area contributed by atoms with Crippen LogP contribution in [0, 0.1) is 6.07 Å². The van der Waals surface area contributed by atoms with Crippen molar-refractivity contribution < 1.29 is 22.8 Å². The molecule has 7 heteroatoms. The van der Waals surface area contributed by atoms with Gasteiger partial charge in [0.25, 0.3) is 11.7 Å². The van der Waals surface area contributed by atoms with Crippen LogP contribution in [0.15, 0.2) is 48.5 Å². The summed E-state index contributed by atoms with van der Waals surface area (Å²) in [5, 5.41) is 2.99. The Morgan fingerprint density at radius 2 is 1.67 bits per heavy atom. The van der Waals surface area contributed by atoms with E-state index in [4.69, 9.17) is 0 Å². The standard InChI is InChI=1S/C17H10F3N2O2/c18-17(19,20)15(23)11-6-2-4-8-13(11)22-16(24)14-9-10-5-1-3-7-12(10)21-14/h1-8,21H,(H,22,24). The van der Waals surface area contributed by atoms with Crippen LogP contribution in [-0.4, -0.2) is 22.9 Å². The van der Waals surface area contributed by atoms with Crippen molar-refractivity contribution in [1.29, 1.82) is 0 Å². The van der Waals surface area contributed by atoms with Gasteiger partial charge in [-0.3, -0.25) is 9.59 Å². The molecule has 24 heavy (non-hydrogen) atoms. The number of Topliss-reactive ketones (excluding diaryl/α,β-unsaturated/α-hetero) is 1. The van der Waals surface area contributed by atoms with Crippen LogP contribution in [0.3, 0.4) is 0 Å². The van der Waals surface area contributed by atoms with Crippen LogP contribution >= 0.6 is 0 Å². The molecule has 0 spiro atoms. The number of fused-ring (bicyclic) bond motifs is 1. The SMILES string of the molecule is O=C(Nc1ccccc1C(=O)C(F)(F)F)c1[c]c2ccccc2[nH]1. The summed E-state index contributed by atoms with van der Waals surface area (Å²) < 4.78 is 37.9. The Labute approximate surface area is 134 Å². The molecule has 1 amide bonds. The number of amides is 1. The zero-order valence-electron chi connectivity index (χ0n) is 12.1. The maximum Gasteiger partial charge on any atom is 0.454 e. The van der Waals surface area contributed by atoms with Gasteiger partial charge >= 0.3 is 6.18 Å². The van der Waals surface area contributed by atoms with E-state index in [9.17, 15) is 22.8 Å². The molecule has 0 saturated carbocycles. The lowest BCUT2D eigenvalue weighted by atomic mass is 10.1. The van der Waals surface area contributed by atoms with Gasteiger partial charge in [-0.2, -0.15) is 13.2 Å². The quantitative estimate of drug-likeness (QED) is 0.714. The molecule has 0 aliphatic rings. The number of rotatable bonds is 3. The second-order valence-electron chi connectivity index (χ2n) is 5.00. The van der Waals surface area contributed by atoms with Gasteiger partial charge in [0.2, 0.25) is 0 Å². The van der Waals surface area contributed by atoms with Crippen LogP contribution in [0.25, 0.3) is 10.9 Å². The Kier molecular flexibility index (Phi) is 3.84. The van der Waals surface area contributed by atoms with Gasteiger partial charge in [0.15, 0.2) is 0 Å². The van der Waals surface area contributed by atoms with Gasteiger partial charge in [-0.15, -0.1) is 0 Å². The molecule has 0 atom stereocenters. The number of hydrogen-bond acceptors (Lipinski definition) is 2. The molecule has 121 valence electrons. The molecule has 1 radical (unpaired) electrons. The maximum absolute atomic E-state index is 12.6. The zero-order chi connectivity index (χ0) is 17.3. The summed E-state index contributed by atoms with van der Waals surface area (Å²) in [6, 6.07) is 14.8. The van der Waals surface area contributed by atoms with Gasteiger partial charge in [-0.25, -0.2) is 0 Å². The number of aromatic amines is 1. The van der Waals surface area contributed by atoms with E-state index in [1.54, 1.807) is 24.3 Å². The Morgan fingerprint density at radius 1 is 1.00 bits per heavy atom. The molecule has 1 aromatic heterocycles. The second-order valence-corrected chi connectivity index (χ2v) is 5.00. The molecule has 3 aromatic rings. The predicted octanol–water partition coefficient (Wildman–Crippen LogP) is 3.97. The topological polar surface area (TPSA) is 62.0 Å². The van der Waals surface area contributed by atoms with Crippen molar-refractivity contribution in [3.05, 3.63) is 65.9 Å². The summed E-state index contributed by atoms with van der Waals surface area (Å²) in [6.07, 6.45) is -5.02. The third kappa shape index (κ3) is 3.01. The monoisotopic (exact) mass is 331 g/mol. The molecule has 0 aliphatic heterocycles. The normalized spacial score (nSPS) is 11.5. The first-order chi connectivity index (χ1) is 11.4. The minimum Gasteiger partial charge on any atom is -0.350 e. The molecule has 0 bridgehead atoms. The minimum atomic E-state index is -5.02. The zero-order valence-corrected chi connectivity index (χ0v) is 12.1. The van der Waals surface area contributed by atoms with Gasteiger partial charge in [-0.05, 0) is 18.2 Å². The summed E-state index contributed by atoms with van der Waals surface area (Å²) in [5.41, 5.74) is -0.0980. The van der Waals surface area contributed by atoms with Crippen LogP contribution in [0.2, 0.25) is 0 Å². The number of hydrogen-bond donors (Lipinski definition) is 2. The largest absolute Gasteiger partial charge is 0.454 e. The van der Waals surface area contributed by atoms with Gasteiger partial charge in [0, 0.05) is 17.0 Å². The summed E-state index contributed by atoms with van der Waals surface area (Å²) in [4.78, 5) is 26.5. The number of nitrogens with one attached hydrogen (secondary N) is 2. The fourth-order valence-corrected chi connectivity index (χ4v) is 2.24. The van der Waals surface area contributed by atoms with Crippen LogP contribution < -0.4 is 5.32 Å². The van der Waals surface area contributed by atoms with E-state index in [2.05, 4.69) is 16.4 Å². The summed E-state index contributed by atoms with van der Waals surface area (Å²) >= 11 is 0. The number of para-hydroxylation sites is 2. The molecule has 3 rings (SSSR count). The Hall–Kier alpha value is -3.09. The number of halogens is 3. The van der Waals surface area contributed by atoms with E-state index in [0.717, 1.165) is 6.07 Å². The van der Waals surface area contributed by atoms with Gasteiger partial charge in [0.05, 0.1) is 11.3 Å². The highest BCUT2D eigenvalue weighted by Gasteiger charge is 2.40. The number of aromatic nitrogens is 1. The fraction of sp³-hybridized carbons (Fsp3) is 0.0588. The third-order valence-corrected chi connectivity index (χ3v) is 3.35. The Bertz CT molecular complexity index is 896. The molecule has 1 heterocycles. The highest BCUT2D eigenvalue weighted by molar-refractivity contribution is 6.11. The highest BCUT2D eigenvalue weighted by Crippen LogP contribution is 2.26. The number of ketones is 1. The summed E-state index contributed by atoms with van der Waals surface area (Å²) in [6.45, 7) is 0. The van der Waals surface area contributed by atoms with Gasteiger partial charge in [-0.1, -0.05) is 30.3 Å². The van der Waals surface area contributed by atoms with E-state index in [1.807, 2.05) is 0 Å².